The fourth-order valence-corrected chi connectivity index (χ4v) is 3.71. The zero-order valence-corrected chi connectivity index (χ0v) is 14.9. The van der Waals surface area contributed by atoms with Gasteiger partial charge in [-0.15, -0.1) is 0 Å². The number of hydrogen-bond acceptors (Lipinski definition) is 3. The molecule has 1 saturated heterocycles. The molecule has 1 aliphatic carbocycles. The smallest absolute Gasteiger partial charge is 0.230 e. The second-order valence-corrected chi connectivity index (χ2v) is 7.42. The van der Waals surface area contributed by atoms with Crippen molar-refractivity contribution in [1.29, 1.82) is 0 Å². The van der Waals surface area contributed by atoms with Gasteiger partial charge in [-0.3, -0.25) is 4.79 Å². The van der Waals surface area contributed by atoms with E-state index < -0.39 is 0 Å². The van der Waals surface area contributed by atoms with Crippen molar-refractivity contribution in [3.63, 3.8) is 0 Å². The minimum Gasteiger partial charge on any atom is -0.357 e. The van der Waals surface area contributed by atoms with Crippen LogP contribution in [0.25, 0.3) is 0 Å². The number of hydrogen-bond donors (Lipinski definition) is 1. The monoisotopic (exact) mass is 355 g/mol. The largest absolute Gasteiger partial charge is 0.357 e. The van der Waals surface area contributed by atoms with Crippen molar-refractivity contribution in [2.45, 2.75) is 37.6 Å². The fourth-order valence-electron chi connectivity index (χ4n) is 3.58. The lowest BCUT2D eigenvalue weighted by Crippen LogP contribution is -2.34. The Morgan fingerprint density at radius 3 is 2.56 bits per heavy atom. The van der Waals surface area contributed by atoms with Gasteiger partial charge < -0.3 is 10.2 Å². The molecule has 5 heteroatoms. The van der Waals surface area contributed by atoms with Gasteiger partial charge in [0.2, 0.25) is 5.91 Å². The summed E-state index contributed by atoms with van der Waals surface area (Å²) in [5.41, 5.74) is 1.79. The molecule has 4 rings (SSSR count). The number of halogens is 1. The van der Waals surface area contributed by atoms with Crippen LogP contribution in [-0.2, 0) is 16.8 Å². The summed E-state index contributed by atoms with van der Waals surface area (Å²) in [5, 5.41) is 3.81. The number of pyridine rings is 1. The molecule has 2 aliphatic rings. The Labute approximate surface area is 153 Å². The molecule has 1 aromatic carbocycles. The second-order valence-electron chi connectivity index (χ2n) is 6.99. The van der Waals surface area contributed by atoms with Crippen LogP contribution in [0.5, 0.6) is 0 Å². The molecular weight excluding hydrogens is 334 g/mol. The van der Waals surface area contributed by atoms with Gasteiger partial charge in [-0.1, -0.05) is 23.7 Å². The van der Waals surface area contributed by atoms with Gasteiger partial charge in [-0.2, -0.15) is 0 Å². The summed E-state index contributed by atoms with van der Waals surface area (Å²) < 4.78 is 0. The average molecular weight is 356 g/mol. The number of rotatable bonds is 5. The topological polar surface area (TPSA) is 45.2 Å². The summed E-state index contributed by atoms with van der Waals surface area (Å²) >= 11 is 5.96. The third-order valence-electron chi connectivity index (χ3n) is 5.27. The summed E-state index contributed by atoms with van der Waals surface area (Å²) in [6.07, 6.45) is 6.09. The van der Waals surface area contributed by atoms with Crippen LogP contribution in [0, 0.1) is 0 Å². The van der Waals surface area contributed by atoms with Crippen molar-refractivity contribution in [2.75, 3.05) is 18.0 Å². The number of carbonyl (C=O) groups is 1. The molecule has 4 nitrogen and oxygen atoms in total. The standard InChI is InChI=1S/C20H22ClN3O/c21-17-5-3-16(4-6-17)20(8-9-20)19(25)23-14-15-7-10-22-18(13-15)24-11-1-2-12-24/h3-7,10,13H,1-2,8-9,11-12,14H2,(H,23,25). The van der Waals surface area contributed by atoms with Gasteiger partial charge in [0.05, 0.1) is 5.41 Å². The average Bonchev–Trinajstić information content (AvgIpc) is 3.26. The Morgan fingerprint density at radius 2 is 1.88 bits per heavy atom. The molecule has 1 saturated carbocycles. The van der Waals surface area contributed by atoms with E-state index >= 15 is 0 Å². The number of nitrogens with one attached hydrogen (secondary N) is 1. The highest BCUT2D eigenvalue weighted by Crippen LogP contribution is 2.48. The normalized spacial score (nSPS) is 18.2. The van der Waals surface area contributed by atoms with Crippen LogP contribution in [0.15, 0.2) is 42.6 Å². The van der Waals surface area contributed by atoms with Crippen molar-refractivity contribution in [3.8, 4) is 0 Å². The maximum absolute atomic E-state index is 12.8. The van der Waals surface area contributed by atoms with Crippen molar-refractivity contribution < 1.29 is 4.79 Å². The molecular formula is C20H22ClN3O. The molecule has 0 spiro atoms. The van der Waals surface area contributed by atoms with E-state index in [-0.39, 0.29) is 11.3 Å². The SMILES string of the molecule is O=C(NCc1ccnc(N2CCCC2)c1)C1(c2ccc(Cl)cc2)CC1. The highest BCUT2D eigenvalue weighted by Gasteiger charge is 2.51. The Morgan fingerprint density at radius 1 is 1.16 bits per heavy atom. The zero-order chi connectivity index (χ0) is 17.3. The zero-order valence-electron chi connectivity index (χ0n) is 14.2. The Bertz CT molecular complexity index is 765. The van der Waals surface area contributed by atoms with E-state index in [9.17, 15) is 4.79 Å². The Balaban J connectivity index is 1.42. The van der Waals surface area contributed by atoms with E-state index in [0.717, 1.165) is 42.9 Å². The van der Waals surface area contributed by atoms with Crippen LogP contribution in [0.4, 0.5) is 5.82 Å². The summed E-state index contributed by atoms with van der Waals surface area (Å²) in [6, 6.07) is 11.7. The van der Waals surface area contributed by atoms with E-state index in [1.54, 1.807) is 0 Å². The van der Waals surface area contributed by atoms with Crippen LogP contribution in [0.2, 0.25) is 5.02 Å². The van der Waals surface area contributed by atoms with Gasteiger partial charge in [0.25, 0.3) is 0 Å². The van der Waals surface area contributed by atoms with Crippen molar-refractivity contribution in [3.05, 3.63) is 58.7 Å². The molecule has 2 fully saturated rings. The fraction of sp³-hybridized carbons (Fsp3) is 0.400. The Hall–Kier alpha value is -2.07. The molecule has 1 amide bonds. The molecule has 0 radical (unpaired) electrons. The van der Waals surface area contributed by atoms with Gasteiger partial charge in [-0.05, 0) is 61.1 Å². The van der Waals surface area contributed by atoms with Crippen LogP contribution in [0.1, 0.15) is 36.8 Å². The van der Waals surface area contributed by atoms with Gasteiger partial charge in [0, 0.05) is 30.9 Å². The first-order valence-corrected chi connectivity index (χ1v) is 9.29. The molecule has 1 aliphatic heterocycles. The van der Waals surface area contributed by atoms with E-state index in [4.69, 9.17) is 11.6 Å². The first kappa shape index (κ1) is 16.4. The summed E-state index contributed by atoms with van der Waals surface area (Å²) in [5.74, 6) is 1.12. The number of nitrogens with zero attached hydrogens (tertiary/aromatic N) is 2. The minimum atomic E-state index is -0.366. The number of carbonyl (C=O) groups excluding carboxylic acids is 1. The van der Waals surface area contributed by atoms with Gasteiger partial charge in [0.1, 0.15) is 5.82 Å². The van der Waals surface area contributed by atoms with Gasteiger partial charge in [-0.25, -0.2) is 4.98 Å². The lowest BCUT2D eigenvalue weighted by atomic mass is 9.95. The summed E-state index contributed by atoms with van der Waals surface area (Å²) in [4.78, 5) is 19.5. The molecule has 25 heavy (non-hydrogen) atoms. The number of benzene rings is 1. The first-order valence-electron chi connectivity index (χ1n) is 8.92. The molecule has 130 valence electrons. The third-order valence-corrected chi connectivity index (χ3v) is 5.53. The maximum atomic E-state index is 12.8. The molecule has 0 bridgehead atoms. The predicted octanol–water partition coefficient (Wildman–Crippen LogP) is 3.68. The first-order chi connectivity index (χ1) is 12.2. The second kappa shape index (κ2) is 6.68. The molecule has 0 unspecified atom stereocenters. The van der Waals surface area contributed by atoms with E-state index in [2.05, 4.69) is 21.3 Å². The maximum Gasteiger partial charge on any atom is 0.230 e. The molecule has 2 aromatic rings. The summed E-state index contributed by atoms with van der Waals surface area (Å²) in [7, 11) is 0. The van der Waals surface area contributed by atoms with Crippen LogP contribution in [0.3, 0.4) is 0 Å². The molecule has 0 atom stereocenters. The van der Waals surface area contributed by atoms with Crippen molar-refractivity contribution >= 4 is 23.3 Å². The highest BCUT2D eigenvalue weighted by molar-refractivity contribution is 6.30. The lowest BCUT2D eigenvalue weighted by molar-refractivity contribution is -0.123. The lowest BCUT2D eigenvalue weighted by Gasteiger charge is -2.18. The van der Waals surface area contributed by atoms with Gasteiger partial charge >= 0.3 is 0 Å². The quantitative estimate of drug-likeness (QED) is 0.889. The van der Waals surface area contributed by atoms with Crippen LogP contribution < -0.4 is 10.2 Å². The molecule has 1 aromatic heterocycles. The van der Waals surface area contributed by atoms with Gasteiger partial charge in [0.15, 0.2) is 0 Å². The Kier molecular flexibility index (Phi) is 4.38. The molecule has 2 heterocycles. The van der Waals surface area contributed by atoms with E-state index in [1.807, 2.05) is 36.5 Å². The number of anilines is 1. The van der Waals surface area contributed by atoms with E-state index in [0.29, 0.717) is 11.6 Å². The van der Waals surface area contributed by atoms with Crippen LogP contribution in [-0.4, -0.2) is 24.0 Å². The number of amides is 1. The summed E-state index contributed by atoms with van der Waals surface area (Å²) in [6.45, 7) is 2.68. The third kappa shape index (κ3) is 3.36. The van der Waals surface area contributed by atoms with Crippen molar-refractivity contribution in [1.82, 2.24) is 10.3 Å². The van der Waals surface area contributed by atoms with E-state index in [1.165, 1.54) is 12.8 Å². The predicted molar refractivity (Wildman–Crippen MR) is 99.9 cm³/mol. The highest BCUT2D eigenvalue weighted by atomic mass is 35.5. The molecule has 1 N–H and O–H groups in total. The van der Waals surface area contributed by atoms with Crippen molar-refractivity contribution in [2.24, 2.45) is 0 Å². The number of aromatic nitrogens is 1. The van der Waals surface area contributed by atoms with Crippen LogP contribution >= 0.6 is 11.6 Å². The minimum absolute atomic E-state index is 0.106.